The van der Waals surface area contributed by atoms with Crippen LogP contribution in [0.5, 0.6) is 0 Å². The van der Waals surface area contributed by atoms with E-state index < -0.39 is 5.06 Å². The van der Waals surface area contributed by atoms with Crippen molar-refractivity contribution in [1.29, 1.82) is 0 Å². The summed E-state index contributed by atoms with van der Waals surface area (Å²) in [5, 5.41) is 9.45. The molecule has 2 fully saturated rings. The fourth-order valence-electron chi connectivity index (χ4n) is 2.36. The van der Waals surface area contributed by atoms with Crippen LogP contribution in [0.2, 0.25) is 0 Å². The molecule has 0 aliphatic carbocycles. The van der Waals surface area contributed by atoms with Crippen molar-refractivity contribution in [2.75, 3.05) is 56.5 Å². The number of carbonyl (C=O) groups is 2. The van der Waals surface area contributed by atoms with Gasteiger partial charge in [-0.05, 0) is 0 Å². The zero-order valence-electron chi connectivity index (χ0n) is 11.8. The van der Waals surface area contributed by atoms with Gasteiger partial charge in [-0.25, -0.2) is 0 Å². The fraction of sp³-hybridized carbons (Fsp3) is 0.833. The van der Waals surface area contributed by atoms with E-state index in [1.54, 1.807) is 9.80 Å². The first-order valence-corrected chi connectivity index (χ1v) is 9.14. The quantitative estimate of drug-likeness (QED) is 0.460. The first kappa shape index (κ1) is 17.3. The molecule has 0 bridgehead atoms. The summed E-state index contributed by atoms with van der Waals surface area (Å²) < 4.78 is 0. The van der Waals surface area contributed by atoms with Crippen molar-refractivity contribution in [3.05, 3.63) is 0 Å². The highest BCUT2D eigenvalue weighted by Crippen LogP contribution is 2.44. The molecule has 120 valence electrons. The van der Waals surface area contributed by atoms with E-state index in [9.17, 15) is 14.7 Å². The summed E-state index contributed by atoms with van der Waals surface area (Å²) >= 11 is 9.55. The van der Waals surface area contributed by atoms with Crippen LogP contribution in [0.15, 0.2) is 0 Å². The van der Waals surface area contributed by atoms with Crippen molar-refractivity contribution < 1.29 is 14.7 Å². The van der Waals surface area contributed by atoms with E-state index in [4.69, 9.17) is 0 Å². The van der Waals surface area contributed by atoms with E-state index >= 15 is 0 Å². The van der Waals surface area contributed by atoms with Gasteiger partial charge in [0.2, 0.25) is 11.8 Å². The highest BCUT2D eigenvalue weighted by atomic mass is 32.2. The van der Waals surface area contributed by atoms with Crippen LogP contribution in [0.25, 0.3) is 0 Å². The van der Waals surface area contributed by atoms with Crippen molar-refractivity contribution in [3.63, 3.8) is 0 Å². The molecule has 2 rings (SSSR count). The lowest BCUT2D eigenvalue weighted by atomic mass is 10.4. The maximum Gasteiger partial charge on any atom is 0.232 e. The highest BCUT2D eigenvalue weighted by Gasteiger charge is 2.47. The molecule has 2 aliphatic heterocycles. The van der Waals surface area contributed by atoms with E-state index in [1.807, 2.05) is 4.90 Å². The van der Waals surface area contributed by atoms with Gasteiger partial charge < -0.3 is 14.9 Å². The molecule has 0 saturated carbocycles. The van der Waals surface area contributed by atoms with Gasteiger partial charge in [-0.2, -0.15) is 25.3 Å². The minimum Gasteiger partial charge on any atom is -0.366 e. The lowest BCUT2D eigenvalue weighted by Gasteiger charge is -2.28. The van der Waals surface area contributed by atoms with Crippen molar-refractivity contribution in [3.8, 4) is 0 Å². The summed E-state index contributed by atoms with van der Waals surface area (Å²) in [6, 6.07) is 0. The van der Waals surface area contributed by atoms with Crippen molar-refractivity contribution >= 4 is 48.8 Å². The van der Waals surface area contributed by atoms with Crippen molar-refractivity contribution in [2.45, 2.75) is 5.06 Å². The molecule has 9 heteroatoms. The second kappa shape index (κ2) is 7.45. The van der Waals surface area contributed by atoms with Gasteiger partial charge in [0.25, 0.3) is 0 Å². The molecule has 2 aliphatic rings. The molecule has 21 heavy (non-hydrogen) atoms. The van der Waals surface area contributed by atoms with Gasteiger partial charge in [-0.1, -0.05) is 0 Å². The summed E-state index contributed by atoms with van der Waals surface area (Å²) in [5.74, 6) is 0.885. The molecule has 0 aromatic rings. The third kappa shape index (κ3) is 4.44. The van der Waals surface area contributed by atoms with Crippen LogP contribution in [0, 0.1) is 0 Å². The molecule has 2 heterocycles. The van der Waals surface area contributed by atoms with Crippen LogP contribution in [0.3, 0.4) is 0 Å². The minimum absolute atomic E-state index is 0.0473. The Balaban J connectivity index is 2.08. The number of amides is 2. The third-order valence-electron chi connectivity index (χ3n) is 3.79. The zero-order valence-corrected chi connectivity index (χ0v) is 14.4. The Kier molecular flexibility index (Phi) is 6.13. The summed E-state index contributed by atoms with van der Waals surface area (Å²) in [7, 11) is 0. The summed E-state index contributed by atoms with van der Waals surface area (Å²) in [5.41, 5.74) is 0. The van der Waals surface area contributed by atoms with E-state index in [0.29, 0.717) is 45.0 Å². The number of thioether (sulfide) groups is 1. The molecule has 0 aromatic carbocycles. The molecule has 0 unspecified atom stereocenters. The number of hydrogen-bond acceptors (Lipinski definition) is 7. The molecule has 2 saturated heterocycles. The molecule has 6 nitrogen and oxygen atoms in total. The SMILES string of the molecule is O=C(CS)N1CCN(C(=O)CS)CCN([C@]2(O)CS2)CC1. The third-order valence-corrected chi connectivity index (χ3v) is 5.40. The van der Waals surface area contributed by atoms with Crippen molar-refractivity contribution in [1.82, 2.24) is 14.7 Å². The number of thiol groups is 2. The van der Waals surface area contributed by atoms with Crippen molar-refractivity contribution in [2.24, 2.45) is 0 Å². The lowest BCUT2D eigenvalue weighted by Crippen LogP contribution is -2.45. The first-order valence-electron chi connectivity index (χ1n) is 6.89. The molecule has 0 aromatic heterocycles. The molecular weight excluding hydrogens is 330 g/mol. The fourth-order valence-corrected chi connectivity index (χ4v) is 3.43. The smallest absolute Gasteiger partial charge is 0.232 e. The molecule has 0 radical (unpaired) electrons. The van der Waals surface area contributed by atoms with E-state index in [1.165, 1.54) is 11.8 Å². The minimum atomic E-state index is -0.824. The maximum atomic E-state index is 11.9. The number of carbonyl (C=O) groups excluding carboxylic acids is 2. The maximum absolute atomic E-state index is 11.9. The molecule has 1 atom stereocenters. The standard InChI is InChI=1S/C12H21N3O3S3/c16-10(7-19)13-1-2-14(11(17)8-20)4-6-15(5-3-13)12(18)9-21-12/h18-20H,1-9H2/t12-/m0/s1. The second-order valence-electron chi connectivity index (χ2n) is 5.10. The largest absolute Gasteiger partial charge is 0.366 e. The summed E-state index contributed by atoms with van der Waals surface area (Å²) in [4.78, 5) is 29.2. The number of rotatable bonds is 3. The van der Waals surface area contributed by atoms with Gasteiger partial charge in [-0.3, -0.25) is 14.5 Å². The Morgan fingerprint density at radius 2 is 1.33 bits per heavy atom. The van der Waals surface area contributed by atoms with Gasteiger partial charge >= 0.3 is 0 Å². The van der Waals surface area contributed by atoms with Gasteiger partial charge in [0.05, 0.1) is 17.3 Å². The number of aliphatic hydroxyl groups is 1. The highest BCUT2D eigenvalue weighted by molar-refractivity contribution is 8.07. The van der Waals surface area contributed by atoms with Crippen LogP contribution in [-0.2, 0) is 9.59 Å². The second-order valence-corrected chi connectivity index (χ2v) is 6.96. The van der Waals surface area contributed by atoms with Gasteiger partial charge in [0.15, 0.2) is 5.06 Å². The summed E-state index contributed by atoms with van der Waals surface area (Å²) in [6.07, 6.45) is 0. The predicted octanol–water partition coefficient (Wildman–Crippen LogP) is -0.788. The number of nitrogens with zero attached hydrogens (tertiary/aromatic N) is 3. The Bertz CT molecular complexity index is 378. The average molecular weight is 352 g/mol. The Morgan fingerprint density at radius 1 is 0.952 bits per heavy atom. The van der Waals surface area contributed by atoms with Gasteiger partial charge in [0.1, 0.15) is 0 Å². The Morgan fingerprint density at radius 3 is 1.67 bits per heavy atom. The Hall–Kier alpha value is -0.0900. The van der Waals surface area contributed by atoms with Crippen LogP contribution in [0.1, 0.15) is 0 Å². The van der Waals surface area contributed by atoms with E-state index in [0.717, 1.165) is 0 Å². The van der Waals surface area contributed by atoms with E-state index in [-0.39, 0.29) is 23.3 Å². The van der Waals surface area contributed by atoms with Gasteiger partial charge in [-0.15, -0.1) is 11.8 Å². The van der Waals surface area contributed by atoms with Crippen LogP contribution < -0.4 is 0 Å². The molecule has 0 spiro atoms. The number of hydrogen-bond donors (Lipinski definition) is 3. The van der Waals surface area contributed by atoms with Crippen LogP contribution >= 0.6 is 37.0 Å². The normalized spacial score (nSPS) is 27.8. The average Bonchev–Trinajstić information content (AvgIpc) is 3.21. The predicted molar refractivity (Wildman–Crippen MR) is 89.8 cm³/mol. The van der Waals surface area contributed by atoms with Crippen LogP contribution in [0.4, 0.5) is 0 Å². The lowest BCUT2D eigenvalue weighted by molar-refractivity contribution is -0.131. The monoisotopic (exact) mass is 351 g/mol. The Labute approximate surface area is 140 Å². The molecular formula is C12H21N3O3S3. The van der Waals surface area contributed by atoms with E-state index in [2.05, 4.69) is 25.3 Å². The van der Waals surface area contributed by atoms with Gasteiger partial charge in [0, 0.05) is 39.3 Å². The van der Waals surface area contributed by atoms with Crippen LogP contribution in [-0.4, -0.2) is 93.2 Å². The zero-order chi connectivity index (χ0) is 15.5. The summed E-state index contributed by atoms with van der Waals surface area (Å²) in [6.45, 7) is 3.30. The molecule has 2 amide bonds. The molecule has 1 N–H and O–H groups in total. The topological polar surface area (TPSA) is 64.1 Å². The first-order chi connectivity index (χ1) is 10.00.